The zero-order valence-electron chi connectivity index (χ0n) is 8.55. The standard InChI is InChI=1S/C11H13N3S/c1-8-2-3-9(5-14-8)11(12)4-10-6-13-7-15-10/h2-3,5-7,11H,4,12H2,1H3. The van der Waals surface area contributed by atoms with E-state index in [0.717, 1.165) is 17.7 Å². The van der Waals surface area contributed by atoms with Gasteiger partial charge in [0.1, 0.15) is 0 Å². The summed E-state index contributed by atoms with van der Waals surface area (Å²) in [7, 11) is 0. The highest BCUT2D eigenvalue weighted by atomic mass is 32.1. The van der Waals surface area contributed by atoms with Crippen LogP contribution in [0.2, 0.25) is 0 Å². The van der Waals surface area contributed by atoms with Crippen molar-refractivity contribution in [3.8, 4) is 0 Å². The number of hydrogen-bond acceptors (Lipinski definition) is 4. The van der Waals surface area contributed by atoms with Crippen LogP contribution in [0.4, 0.5) is 0 Å². The number of pyridine rings is 1. The predicted molar refractivity (Wildman–Crippen MR) is 61.7 cm³/mol. The number of aromatic nitrogens is 2. The lowest BCUT2D eigenvalue weighted by atomic mass is 10.1. The van der Waals surface area contributed by atoms with E-state index in [1.54, 1.807) is 11.3 Å². The van der Waals surface area contributed by atoms with Crippen molar-refractivity contribution >= 4 is 11.3 Å². The maximum absolute atomic E-state index is 6.08. The zero-order valence-corrected chi connectivity index (χ0v) is 9.37. The molecule has 4 heteroatoms. The Morgan fingerprint density at radius 1 is 1.40 bits per heavy atom. The van der Waals surface area contributed by atoms with Crippen LogP contribution in [0.25, 0.3) is 0 Å². The Bertz CT molecular complexity index is 408. The molecule has 0 radical (unpaired) electrons. The van der Waals surface area contributed by atoms with E-state index in [0.29, 0.717) is 0 Å². The van der Waals surface area contributed by atoms with Crippen LogP contribution in [-0.2, 0) is 6.42 Å². The topological polar surface area (TPSA) is 51.8 Å². The molecule has 0 fully saturated rings. The highest BCUT2D eigenvalue weighted by Gasteiger charge is 2.08. The Morgan fingerprint density at radius 3 is 2.87 bits per heavy atom. The van der Waals surface area contributed by atoms with Gasteiger partial charge in [0, 0.05) is 35.4 Å². The summed E-state index contributed by atoms with van der Waals surface area (Å²) >= 11 is 1.64. The summed E-state index contributed by atoms with van der Waals surface area (Å²) in [6, 6.07) is 4.04. The maximum Gasteiger partial charge on any atom is 0.0794 e. The third kappa shape index (κ3) is 2.61. The lowest BCUT2D eigenvalue weighted by Crippen LogP contribution is -2.13. The summed E-state index contributed by atoms with van der Waals surface area (Å²) < 4.78 is 0. The van der Waals surface area contributed by atoms with Crippen molar-refractivity contribution in [3.63, 3.8) is 0 Å². The highest BCUT2D eigenvalue weighted by Crippen LogP contribution is 2.17. The Labute approximate surface area is 93.0 Å². The summed E-state index contributed by atoms with van der Waals surface area (Å²) in [5.74, 6) is 0. The third-order valence-corrected chi connectivity index (χ3v) is 3.07. The molecule has 0 aromatic carbocycles. The van der Waals surface area contributed by atoms with Gasteiger partial charge in [-0.25, -0.2) is 0 Å². The molecule has 0 aliphatic rings. The molecule has 0 bridgehead atoms. The largest absolute Gasteiger partial charge is 0.324 e. The molecule has 0 aliphatic heterocycles. The summed E-state index contributed by atoms with van der Waals surface area (Å²) in [5, 5.41) is 0. The van der Waals surface area contributed by atoms with Crippen LogP contribution in [0.1, 0.15) is 22.2 Å². The Hall–Kier alpha value is -1.26. The zero-order chi connectivity index (χ0) is 10.7. The van der Waals surface area contributed by atoms with E-state index in [1.165, 1.54) is 4.88 Å². The van der Waals surface area contributed by atoms with Gasteiger partial charge in [0.2, 0.25) is 0 Å². The first-order valence-corrected chi connectivity index (χ1v) is 5.69. The molecule has 2 heterocycles. The predicted octanol–water partition coefficient (Wildman–Crippen LogP) is 2.09. The first kappa shape index (κ1) is 10.3. The van der Waals surface area contributed by atoms with Gasteiger partial charge in [-0.2, -0.15) is 0 Å². The molecular formula is C11H13N3S. The summed E-state index contributed by atoms with van der Waals surface area (Å²) in [5.41, 5.74) is 10.00. The SMILES string of the molecule is Cc1ccc(C(N)Cc2cncs2)cn1. The van der Waals surface area contributed by atoms with Crippen LogP contribution in [0, 0.1) is 6.92 Å². The molecule has 2 aromatic rings. The van der Waals surface area contributed by atoms with E-state index in [-0.39, 0.29) is 6.04 Å². The van der Waals surface area contributed by atoms with Gasteiger partial charge in [0.25, 0.3) is 0 Å². The van der Waals surface area contributed by atoms with Crippen LogP contribution < -0.4 is 5.73 Å². The van der Waals surface area contributed by atoms with Crippen molar-refractivity contribution in [2.24, 2.45) is 5.73 Å². The number of hydrogen-bond donors (Lipinski definition) is 1. The van der Waals surface area contributed by atoms with Crippen molar-refractivity contribution < 1.29 is 0 Å². The molecule has 1 atom stereocenters. The van der Waals surface area contributed by atoms with Gasteiger partial charge in [-0.05, 0) is 18.6 Å². The number of thiazole rings is 1. The number of nitrogens with two attached hydrogens (primary N) is 1. The fraction of sp³-hybridized carbons (Fsp3) is 0.273. The normalized spacial score (nSPS) is 12.7. The van der Waals surface area contributed by atoms with Crippen LogP contribution in [-0.4, -0.2) is 9.97 Å². The first-order valence-electron chi connectivity index (χ1n) is 4.81. The van der Waals surface area contributed by atoms with Crippen molar-refractivity contribution in [1.82, 2.24) is 9.97 Å². The number of nitrogens with zero attached hydrogens (tertiary/aromatic N) is 2. The van der Waals surface area contributed by atoms with Gasteiger partial charge < -0.3 is 5.73 Å². The second-order valence-electron chi connectivity index (χ2n) is 3.51. The van der Waals surface area contributed by atoms with Crippen molar-refractivity contribution in [3.05, 3.63) is 46.2 Å². The maximum atomic E-state index is 6.08. The molecule has 1 unspecified atom stereocenters. The molecule has 0 spiro atoms. The van der Waals surface area contributed by atoms with E-state index in [1.807, 2.05) is 37.0 Å². The lowest BCUT2D eigenvalue weighted by molar-refractivity contribution is 0.724. The van der Waals surface area contributed by atoms with Crippen LogP contribution in [0.3, 0.4) is 0 Å². The lowest BCUT2D eigenvalue weighted by Gasteiger charge is -2.09. The molecular weight excluding hydrogens is 206 g/mol. The molecule has 0 amide bonds. The van der Waals surface area contributed by atoms with E-state index in [4.69, 9.17) is 5.73 Å². The molecule has 0 saturated carbocycles. The fourth-order valence-corrected chi connectivity index (χ4v) is 2.03. The molecule has 2 aromatic heterocycles. The van der Waals surface area contributed by atoms with Gasteiger partial charge in [0.05, 0.1) is 5.51 Å². The average Bonchev–Trinajstić information content (AvgIpc) is 2.71. The van der Waals surface area contributed by atoms with Gasteiger partial charge in [-0.3, -0.25) is 9.97 Å². The van der Waals surface area contributed by atoms with Crippen LogP contribution in [0.15, 0.2) is 30.0 Å². The van der Waals surface area contributed by atoms with E-state index in [9.17, 15) is 0 Å². The van der Waals surface area contributed by atoms with Crippen molar-refractivity contribution in [2.45, 2.75) is 19.4 Å². The molecule has 2 rings (SSSR count). The summed E-state index contributed by atoms with van der Waals surface area (Å²) in [6.45, 7) is 1.97. The summed E-state index contributed by atoms with van der Waals surface area (Å²) in [6.07, 6.45) is 4.54. The van der Waals surface area contributed by atoms with Crippen molar-refractivity contribution in [2.75, 3.05) is 0 Å². The van der Waals surface area contributed by atoms with Crippen molar-refractivity contribution in [1.29, 1.82) is 0 Å². The number of aryl methyl sites for hydroxylation is 1. The molecule has 78 valence electrons. The second-order valence-corrected chi connectivity index (χ2v) is 4.48. The van der Waals surface area contributed by atoms with Gasteiger partial charge in [-0.15, -0.1) is 11.3 Å². The van der Waals surface area contributed by atoms with Gasteiger partial charge >= 0.3 is 0 Å². The minimum atomic E-state index is 0.0125. The smallest absolute Gasteiger partial charge is 0.0794 e. The summed E-state index contributed by atoms with van der Waals surface area (Å²) in [4.78, 5) is 9.48. The van der Waals surface area contributed by atoms with Crippen LogP contribution >= 0.6 is 11.3 Å². The first-order chi connectivity index (χ1) is 7.25. The third-order valence-electron chi connectivity index (χ3n) is 2.27. The number of rotatable bonds is 3. The Kier molecular flexibility index (Phi) is 3.08. The quantitative estimate of drug-likeness (QED) is 0.860. The van der Waals surface area contributed by atoms with E-state index < -0.39 is 0 Å². The Balaban J connectivity index is 2.08. The molecule has 3 nitrogen and oxygen atoms in total. The van der Waals surface area contributed by atoms with E-state index >= 15 is 0 Å². The Morgan fingerprint density at radius 2 is 2.27 bits per heavy atom. The van der Waals surface area contributed by atoms with Crippen LogP contribution in [0.5, 0.6) is 0 Å². The van der Waals surface area contributed by atoms with E-state index in [2.05, 4.69) is 9.97 Å². The van der Waals surface area contributed by atoms with Gasteiger partial charge in [0.15, 0.2) is 0 Å². The average molecular weight is 219 g/mol. The fourth-order valence-electron chi connectivity index (χ4n) is 1.38. The molecule has 0 aliphatic carbocycles. The molecule has 2 N–H and O–H groups in total. The van der Waals surface area contributed by atoms with Gasteiger partial charge in [-0.1, -0.05) is 6.07 Å². The highest BCUT2D eigenvalue weighted by molar-refractivity contribution is 7.09. The minimum Gasteiger partial charge on any atom is -0.324 e. The molecule has 15 heavy (non-hydrogen) atoms. The monoisotopic (exact) mass is 219 g/mol. The second kappa shape index (κ2) is 4.51. The molecule has 0 saturated heterocycles. The minimum absolute atomic E-state index is 0.0125.